The number of benzene rings is 2. The number of nitrogens with one attached hydrogen (secondary N) is 3. The predicted octanol–water partition coefficient (Wildman–Crippen LogP) is 3.05. The second-order valence-corrected chi connectivity index (χ2v) is 9.37. The molecule has 0 heterocycles. The number of amides is 2. The van der Waals surface area contributed by atoms with Gasteiger partial charge in [0, 0.05) is 24.3 Å². The molecule has 0 unspecified atom stereocenters. The van der Waals surface area contributed by atoms with E-state index in [9.17, 15) is 18.0 Å². The molecule has 2 rings (SSSR count). The predicted molar refractivity (Wildman–Crippen MR) is 115 cm³/mol. The molecule has 0 aromatic heterocycles. The maximum Gasteiger partial charge on any atom is 0.407 e. The largest absolute Gasteiger partial charge is 0.444 e. The topological polar surface area (TPSA) is 114 Å². The minimum Gasteiger partial charge on any atom is -0.444 e. The number of alkyl carbamates (subject to hydrolysis) is 1. The second kappa shape index (κ2) is 9.62. The van der Waals surface area contributed by atoms with Crippen LogP contribution in [-0.2, 0) is 14.8 Å². The minimum atomic E-state index is -3.84. The van der Waals surface area contributed by atoms with E-state index in [4.69, 9.17) is 4.74 Å². The molecule has 162 valence electrons. The molecule has 0 radical (unpaired) electrons. The van der Waals surface area contributed by atoms with Crippen LogP contribution in [0.5, 0.6) is 0 Å². The van der Waals surface area contributed by atoms with Crippen LogP contribution in [0.3, 0.4) is 0 Å². The van der Waals surface area contributed by atoms with E-state index in [0.717, 1.165) is 5.56 Å². The molecule has 0 aliphatic carbocycles. The minimum absolute atomic E-state index is 0.0245. The van der Waals surface area contributed by atoms with E-state index in [1.54, 1.807) is 39.0 Å². The number of hydrogen-bond acceptors (Lipinski definition) is 5. The third-order valence-corrected chi connectivity index (χ3v) is 5.13. The van der Waals surface area contributed by atoms with Gasteiger partial charge in [0.05, 0.1) is 4.90 Å². The summed E-state index contributed by atoms with van der Waals surface area (Å²) in [5.74, 6) is -0.450. The van der Waals surface area contributed by atoms with Crippen LogP contribution in [0.25, 0.3) is 0 Å². The number of rotatable bonds is 7. The Morgan fingerprint density at radius 1 is 0.967 bits per heavy atom. The average molecular weight is 434 g/mol. The zero-order chi connectivity index (χ0) is 22.4. The van der Waals surface area contributed by atoms with Gasteiger partial charge in [-0.1, -0.05) is 18.2 Å². The first-order valence-corrected chi connectivity index (χ1v) is 10.9. The molecule has 0 bridgehead atoms. The standard InChI is InChI=1S/C21H27N3O5S/c1-15-7-5-9-17(13-15)24-30(27,28)18-10-6-8-16(14-18)19(25)22-11-12-23-20(26)29-21(2,3)4/h5-10,13-14,24H,11-12H2,1-4H3,(H,22,25)(H,23,26). The Morgan fingerprint density at radius 3 is 2.30 bits per heavy atom. The lowest BCUT2D eigenvalue weighted by Gasteiger charge is -2.19. The van der Waals surface area contributed by atoms with Crippen LogP contribution in [-0.4, -0.2) is 39.1 Å². The fourth-order valence-electron chi connectivity index (χ4n) is 2.48. The van der Waals surface area contributed by atoms with Gasteiger partial charge in [-0.25, -0.2) is 13.2 Å². The van der Waals surface area contributed by atoms with Crippen molar-refractivity contribution < 1.29 is 22.7 Å². The molecule has 0 saturated heterocycles. The maximum atomic E-state index is 12.6. The van der Waals surface area contributed by atoms with Gasteiger partial charge in [-0.3, -0.25) is 9.52 Å². The number of aryl methyl sites for hydroxylation is 1. The fourth-order valence-corrected chi connectivity index (χ4v) is 3.58. The van der Waals surface area contributed by atoms with Gasteiger partial charge < -0.3 is 15.4 Å². The summed E-state index contributed by atoms with van der Waals surface area (Å²) in [5.41, 5.74) is 0.951. The normalized spacial score (nSPS) is 11.5. The Bertz CT molecular complexity index is 1010. The van der Waals surface area contributed by atoms with Crippen molar-refractivity contribution in [2.75, 3.05) is 17.8 Å². The van der Waals surface area contributed by atoms with Gasteiger partial charge in [-0.05, 0) is 63.6 Å². The van der Waals surface area contributed by atoms with Gasteiger partial charge in [-0.2, -0.15) is 0 Å². The lowest BCUT2D eigenvalue weighted by atomic mass is 10.2. The monoisotopic (exact) mass is 433 g/mol. The van der Waals surface area contributed by atoms with Crippen LogP contribution < -0.4 is 15.4 Å². The number of hydrogen-bond donors (Lipinski definition) is 3. The molecule has 0 spiro atoms. The van der Waals surface area contributed by atoms with E-state index >= 15 is 0 Å². The highest BCUT2D eigenvalue weighted by Gasteiger charge is 2.17. The summed E-state index contributed by atoms with van der Waals surface area (Å²) in [4.78, 5) is 23.9. The maximum absolute atomic E-state index is 12.6. The van der Waals surface area contributed by atoms with E-state index in [2.05, 4.69) is 15.4 Å². The number of ether oxygens (including phenoxy) is 1. The zero-order valence-electron chi connectivity index (χ0n) is 17.5. The molecule has 2 aromatic rings. The average Bonchev–Trinajstić information content (AvgIpc) is 2.63. The highest BCUT2D eigenvalue weighted by molar-refractivity contribution is 7.92. The second-order valence-electron chi connectivity index (χ2n) is 7.69. The van der Waals surface area contributed by atoms with Crippen LogP contribution in [0.4, 0.5) is 10.5 Å². The molecule has 9 heteroatoms. The molecule has 0 fully saturated rings. The molecule has 0 aliphatic heterocycles. The van der Waals surface area contributed by atoms with Crippen LogP contribution in [0.1, 0.15) is 36.7 Å². The molecule has 0 saturated carbocycles. The SMILES string of the molecule is Cc1cccc(NS(=O)(=O)c2cccc(C(=O)NCCNC(=O)OC(C)(C)C)c2)c1. The molecule has 2 amide bonds. The molecule has 2 aromatic carbocycles. The molecular weight excluding hydrogens is 406 g/mol. The number of anilines is 1. The van der Waals surface area contributed by atoms with Crippen molar-refractivity contribution >= 4 is 27.7 Å². The molecule has 8 nitrogen and oxygen atoms in total. The third kappa shape index (κ3) is 7.40. The molecule has 3 N–H and O–H groups in total. The Morgan fingerprint density at radius 2 is 1.63 bits per heavy atom. The van der Waals surface area contributed by atoms with Crippen molar-refractivity contribution in [2.24, 2.45) is 0 Å². The molecular formula is C21H27N3O5S. The highest BCUT2D eigenvalue weighted by atomic mass is 32.2. The van der Waals surface area contributed by atoms with Crippen molar-refractivity contribution in [1.29, 1.82) is 0 Å². The van der Waals surface area contributed by atoms with E-state index in [1.165, 1.54) is 24.3 Å². The Labute approximate surface area is 177 Å². The first kappa shape index (κ1) is 23.2. The Kier molecular flexibility index (Phi) is 7.44. The molecule has 0 aliphatic rings. The summed E-state index contributed by atoms with van der Waals surface area (Å²) in [5, 5.41) is 5.16. The first-order chi connectivity index (χ1) is 14.0. The summed E-state index contributed by atoms with van der Waals surface area (Å²) in [6.45, 7) is 7.46. The van der Waals surface area contributed by atoms with Crippen molar-refractivity contribution in [3.8, 4) is 0 Å². The lowest BCUT2D eigenvalue weighted by molar-refractivity contribution is 0.0526. The van der Waals surface area contributed by atoms with Gasteiger partial charge in [0.15, 0.2) is 0 Å². The zero-order valence-corrected chi connectivity index (χ0v) is 18.3. The van der Waals surface area contributed by atoms with E-state index in [-0.39, 0.29) is 23.5 Å². The highest BCUT2D eigenvalue weighted by Crippen LogP contribution is 2.18. The van der Waals surface area contributed by atoms with Gasteiger partial charge >= 0.3 is 6.09 Å². The third-order valence-electron chi connectivity index (χ3n) is 3.76. The van der Waals surface area contributed by atoms with Gasteiger partial charge in [0.1, 0.15) is 5.60 Å². The summed E-state index contributed by atoms with van der Waals surface area (Å²) in [6, 6.07) is 12.7. The molecule has 0 atom stereocenters. The summed E-state index contributed by atoms with van der Waals surface area (Å²) < 4.78 is 32.9. The van der Waals surface area contributed by atoms with Crippen molar-refractivity contribution in [3.63, 3.8) is 0 Å². The number of carbonyl (C=O) groups is 2. The van der Waals surface area contributed by atoms with Crippen LogP contribution in [0.15, 0.2) is 53.4 Å². The van der Waals surface area contributed by atoms with Crippen LogP contribution in [0.2, 0.25) is 0 Å². The van der Waals surface area contributed by atoms with Gasteiger partial charge in [0.25, 0.3) is 15.9 Å². The molecule has 30 heavy (non-hydrogen) atoms. The smallest absolute Gasteiger partial charge is 0.407 e. The summed E-state index contributed by atoms with van der Waals surface area (Å²) in [6.07, 6.45) is -0.577. The lowest BCUT2D eigenvalue weighted by Crippen LogP contribution is -2.37. The van der Waals surface area contributed by atoms with Crippen molar-refractivity contribution in [3.05, 3.63) is 59.7 Å². The van der Waals surface area contributed by atoms with E-state index < -0.39 is 27.6 Å². The number of carbonyl (C=O) groups excluding carboxylic acids is 2. The van der Waals surface area contributed by atoms with Crippen molar-refractivity contribution in [1.82, 2.24) is 10.6 Å². The number of sulfonamides is 1. The fraction of sp³-hybridized carbons (Fsp3) is 0.333. The van der Waals surface area contributed by atoms with Crippen LogP contribution in [0, 0.1) is 6.92 Å². The van der Waals surface area contributed by atoms with Crippen molar-refractivity contribution in [2.45, 2.75) is 38.2 Å². The Balaban J connectivity index is 1.95. The van der Waals surface area contributed by atoms with Gasteiger partial charge in [0.2, 0.25) is 0 Å². The first-order valence-electron chi connectivity index (χ1n) is 9.41. The van der Waals surface area contributed by atoms with Gasteiger partial charge in [-0.15, -0.1) is 0 Å². The summed E-state index contributed by atoms with van der Waals surface area (Å²) in [7, 11) is -3.84. The summed E-state index contributed by atoms with van der Waals surface area (Å²) >= 11 is 0. The van der Waals surface area contributed by atoms with E-state index in [0.29, 0.717) is 5.69 Å². The quantitative estimate of drug-likeness (QED) is 0.581. The Hall–Kier alpha value is -3.07. The van der Waals surface area contributed by atoms with E-state index in [1.807, 2.05) is 13.0 Å². The van der Waals surface area contributed by atoms with Crippen LogP contribution >= 0.6 is 0 Å².